The predicted octanol–water partition coefficient (Wildman–Crippen LogP) is 3.03. The third-order valence-corrected chi connectivity index (χ3v) is 5.85. The quantitative estimate of drug-likeness (QED) is 0.828. The second-order valence-electron chi connectivity index (χ2n) is 7.23. The van der Waals surface area contributed by atoms with Gasteiger partial charge >= 0.3 is 0 Å². The molecule has 3 rings (SSSR count). The Morgan fingerprint density at radius 1 is 1.11 bits per heavy atom. The number of nitrogens with one attached hydrogen (secondary N) is 1. The molecule has 1 aliphatic heterocycles. The van der Waals surface area contributed by atoms with Crippen LogP contribution in [0.3, 0.4) is 0 Å². The highest BCUT2D eigenvalue weighted by Gasteiger charge is 2.45. The molecule has 1 N–H and O–H groups in total. The average molecular weight is 250 g/mol. The first-order valence-electron chi connectivity index (χ1n) is 8.18. The van der Waals surface area contributed by atoms with E-state index >= 15 is 0 Å². The normalized spacial score (nSPS) is 37.7. The van der Waals surface area contributed by atoms with Crippen LogP contribution < -0.4 is 5.32 Å². The van der Waals surface area contributed by atoms with Gasteiger partial charge in [0.15, 0.2) is 0 Å². The summed E-state index contributed by atoms with van der Waals surface area (Å²) in [6.07, 6.45) is 10.3. The Morgan fingerprint density at radius 2 is 1.83 bits per heavy atom. The van der Waals surface area contributed by atoms with Crippen molar-refractivity contribution in [2.75, 3.05) is 19.6 Å². The lowest BCUT2D eigenvalue weighted by Crippen LogP contribution is -2.62. The van der Waals surface area contributed by atoms with E-state index in [0.29, 0.717) is 5.54 Å². The molecular weight excluding hydrogens is 220 g/mol. The van der Waals surface area contributed by atoms with E-state index in [0.717, 1.165) is 17.9 Å². The van der Waals surface area contributed by atoms with Crippen LogP contribution in [0.5, 0.6) is 0 Å². The van der Waals surface area contributed by atoms with Gasteiger partial charge in [0.05, 0.1) is 0 Å². The molecule has 2 unspecified atom stereocenters. The fraction of sp³-hybridized carbons (Fsp3) is 1.00. The number of piperazine rings is 1. The third kappa shape index (κ3) is 2.60. The molecule has 104 valence electrons. The molecule has 0 bridgehead atoms. The molecule has 0 aromatic rings. The SMILES string of the molecule is CC(C1CCCCC1)N1CCNC(C)(C2CC2)C1. The van der Waals surface area contributed by atoms with Crippen molar-refractivity contribution in [3.05, 3.63) is 0 Å². The van der Waals surface area contributed by atoms with Crippen molar-refractivity contribution in [1.29, 1.82) is 0 Å². The Hall–Kier alpha value is -0.0800. The van der Waals surface area contributed by atoms with Crippen molar-refractivity contribution in [2.24, 2.45) is 11.8 Å². The fourth-order valence-electron chi connectivity index (χ4n) is 4.30. The van der Waals surface area contributed by atoms with Crippen LogP contribution in [0, 0.1) is 11.8 Å². The summed E-state index contributed by atoms with van der Waals surface area (Å²) in [4.78, 5) is 2.80. The third-order valence-electron chi connectivity index (χ3n) is 5.85. The van der Waals surface area contributed by atoms with Crippen molar-refractivity contribution >= 4 is 0 Å². The van der Waals surface area contributed by atoms with Gasteiger partial charge in [0.2, 0.25) is 0 Å². The fourth-order valence-corrected chi connectivity index (χ4v) is 4.30. The maximum Gasteiger partial charge on any atom is 0.0309 e. The summed E-state index contributed by atoms with van der Waals surface area (Å²) in [6, 6.07) is 0.811. The molecule has 18 heavy (non-hydrogen) atoms. The highest BCUT2D eigenvalue weighted by Crippen LogP contribution is 2.41. The van der Waals surface area contributed by atoms with Gasteiger partial charge in [0.1, 0.15) is 0 Å². The van der Waals surface area contributed by atoms with Crippen molar-refractivity contribution in [1.82, 2.24) is 10.2 Å². The van der Waals surface area contributed by atoms with Gasteiger partial charge in [0, 0.05) is 31.2 Å². The second-order valence-corrected chi connectivity index (χ2v) is 7.23. The number of hydrogen-bond donors (Lipinski definition) is 1. The summed E-state index contributed by atoms with van der Waals surface area (Å²) in [5.41, 5.74) is 0.418. The van der Waals surface area contributed by atoms with Gasteiger partial charge in [-0.3, -0.25) is 4.90 Å². The van der Waals surface area contributed by atoms with Gasteiger partial charge in [-0.1, -0.05) is 19.3 Å². The van der Waals surface area contributed by atoms with Crippen LogP contribution >= 0.6 is 0 Å². The van der Waals surface area contributed by atoms with Crippen molar-refractivity contribution in [3.8, 4) is 0 Å². The monoisotopic (exact) mass is 250 g/mol. The molecule has 2 atom stereocenters. The molecule has 2 nitrogen and oxygen atoms in total. The summed E-state index contributed by atoms with van der Waals surface area (Å²) in [5.74, 6) is 1.93. The van der Waals surface area contributed by atoms with Crippen LogP contribution in [0.2, 0.25) is 0 Å². The molecule has 0 aromatic heterocycles. The summed E-state index contributed by atoms with van der Waals surface area (Å²) in [5, 5.41) is 3.80. The Bertz CT molecular complexity index is 281. The van der Waals surface area contributed by atoms with E-state index in [1.807, 2.05) is 0 Å². The van der Waals surface area contributed by atoms with E-state index in [2.05, 4.69) is 24.1 Å². The standard InChI is InChI=1S/C16H30N2/c1-13(14-6-4-3-5-7-14)18-11-10-17-16(2,12-18)15-8-9-15/h13-15,17H,3-12H2,1-2H3. The molecule has 1 saturated heterocycles. The predicted molar refractivity (Wildman–Crippen MR) is 76.7 cm³/mol. The Morgan fingerprint density at radius 3 is 2.50 bits per heavy atom. The number of rotatable bonds is 3. The maximum absolute atomic E-state index is 3.80. The number of nitrogens with zero attached hydrogens (tertiary/aromatic N) is 1. The van der Waals surface area contributed by atoms with E-state index in [1.165, 1.54) is 64.6 Å². The lowest BCUT2D eigenvalue weighted by atomic mass is 9.82. The van der Waals surface area contributed by atoms with E-state index < -0.39 is 0 Å². The second kappa shape index (κ2) is 5.13. The van der Waals surface area contributed by atoms with Gasteiger partial charge in [-0.25, -0.2) is 0 Å². The van der Waals surface area contributed by atoms with Crippen molar-refractivity contribution in [2.45, 2.75) is 70.4 Å². The number of hydrogen-bond acceptors (Lipinski definition) is 2. The lowest BCUT2D eigenvalue weighted by molar-refractivity contribution is 0.0589. The molecule has 3 aliphatic rings. The first-order valence-corrected chi connectivity index (χ1v) is 8.18. The highest BCUT2D eigenvalue weighted by molar-refractivity contribution is 5.03. The largest absolute Gasteiger partial charge is 0.309 e. The minimum Gasteiger partial charge on any atom is -0.309 e. The first-order chi connectivity index (χ1) is 8.69. The summed E-state index contributed by atoms with van der Waals surface area (Å²) in [7, 11) is 0. The Kier molecular flexibility index (Phi) is 3.68. The summed E-state index contributed by atoms with van der Waals surface area (Å²) >= 11 is 0. The zero-order valence-corrected chi connectivity index (χ0v) is 12.3. The minimum atomic E-state index is 0.418. The minimum absolute atomic E-state index is 0.418. The van der Waals surface area contributed by atoms with E-state index in [-0.39, 0.29) is 0 Å². The van der Waals surface area contributed by atoms with E-state index in [4.69, 9.17) is 0 Å². The molecule has 2 saturated carbocycles. The summed E-state index contributed by atoms with van der Waals surface area (Å²) < 4.78 is 0. The van der Waals surface area contributed by atoms with Crippen LogP contribution in [-0.4, -0.2) is 36.1 Å². The highest BCUT2D eigenvalue weighted by atomic mass is 15.2. The molecule has 0 aromatic carbocycles. The molecule has 2 heteroatoms. The molecule has 0 radical (unpaired) electrons. The maximum atomic E-state index is 3.80. The van der Waals surface area contributed by atoms with Gasteiger partial charge < -0.3 is 5.32 Å². The van der Waals surface area contributed by atoms with Crippen LogP contribution in [0.25, 0.3) is 0 Å². The molecular formula is C16H30N2. The molecule has 3 fully saturated rings. The lowest BCUT2D eigenvalue weighted by Gasteiger charge is -2.46. The van der Waals surface area contributed by atoms with Gasteiger partial charge in [0.25, 0.3) is 0 Å². The van der Waals surface area contributed by atoms with Gasteiger partial charge in [-0.05, 0) is 51.4 Å². The molecule has 1 heterocycles. The van der Waals surface area contributed by atoms with Crippen LogP contribution in [0.1, 0.15) is 58.8 Å². The zero-order chi connectivity index (χ0) is 12.6. The van der Waals surface area contributed by atoms with Crippen molar-refractivity contribution in [3.63, 3.8) is 0 Å². The first kappa shape index (κ1) is 12.9. The van der Waals surface area contributed by atoms with Crippen molar-refractivity contribution < 1.29 is 0 Å². The summed E-state index contributed by atoms with van der Waals surface area (Å²) in [6.45, 7) is 8.71. The Labute approximate surface area is 113 Å². The van der Waals surface area contributed by atoms with Gasteiger partial charge in [-0.2, -0.15) is 0 Å². The Balaban J connectivity index is 1.60. The molecule has 0 amide bonds. The smallest absolute Gasteiger partial charge is 0.0309 e. The van der Waals surface area contributed by atoms with Crippen LogP contribution in [0.4, 0.5) is 0 Å². The van der Waals surface area contributed by atoms with E-state index in [9.17, 15) is 0 Å². The molecule has 0 spiro atoms. The molecule has 2 aliphatic carbocycles. The van der Waals surface area contributed by atoms with Crippen LogP contribution in [-0.2, 0) is 0 Å². The zero-order valence-electron chi connectivity index (χ0n) is 12.3. The topological polar surface area (TPSA) is 15.3 Å². The average Bonchev–Trinajstić information content (AvgIpc) is 3.24. The van der Waals surface area contributed by atoms with Crippen LogP contribution in [0.15, 0.2) is 0 Å². The van der Waals surface area contributed by atoms with E-state index in [1.54, 1.807) is 0 Å². The van der Waals surface area contributed by atoms with Gasteiger partial charge in [-0.15, -0.1) is 0 Å².